The molecular weight excluding hydrogens is 452 g/mol. The van der Waals surface area contributed by atoms with E-state index in [0.29, 0.717) is 24.2 Å². The van der Waals surface area contributed by atoms with E-state index in [0.717, 1.165) is 38.8 Å². The van der Waals surface area contributed by atoms with E-state index in [2.05, 4.69) is 28.0 Å². The molecule has 3 N–H and O–H groups in total. The number of rotatable bonds is 7. The zero-order chi connectivity index (χ0) is 24.9. The van der Waals surface area contributed by atoms with Crippen LogP contribution in [0.3, 0.4) is 0 Å². The lowest BCUT2D eigenvalue weighted by Gasteiger charge is -2.10. The molecular formula is C29H26N4O3. The number of aromatic amines is 1. The number of hydrogen-bond acceptors (Lipinski definition) is 4. The Morgan fingerprint density at radius 1 is 0.889 bits per heavy atom. The van der Waals surface area contributed by atoms with Gasteiger partial charge in [0.05, 0.1) is 29.6 Å². The number of methoxy groups -OCH3 is 1. The van der Waals surface area contributed by atoms with Crippen molar-refractivity contribution in [2.24, 2.45) is 0 Å². The molecule has 0 bridgehead atoms. The van der Waals surface area contributed by atoms with Crippen LogP contribution in [-0.2, 0) is 11.2 Å². The monoisotopic (exact) mass is 478 g/mol. The van der Waals surface area contributed by atoms with Crippen LogP contribution in [0.15, 0.2) is 84.9 Å². The Balaban J connectivity index is 1.28. The second-order valence-electron chi connectivity index (χ2n) is 8.47. The third-order valence-electron chi connectivity index (χ3n) is 6.17. The molecule has 180 valence electrons. The average molecular weight is 479 g/mol. The molecule has 7 heteroatoms. The van der Waals surface area contributed by atoms with Gasteiger partial charge in [0.15, 0.2) is 0 Å². The van der Waals surface area contributed by atoms with Crippen LogP contribution >= 0.6 is 0 Å². The van der Waals surface area contributed by atoms with Gasteiger partial charge in [-0.15, -0.1) is 0 Å². The maximum Gasteiger partial charge on any atom is 0.273 e. The minimum Gasteiger partial charge on any atom is -0.496 e. The van der Waals surface area contributed by atoms with Crippen molar-refractivity contribution in [1.82, 2.24) is 20.8 Å². The quantitative estimate of drug-likeness (QED) is 0.281. The smallest absolute Gasteiger partial charge is 0.273 e. The Labute approximate surface area is 208 Å². The molecule has 0 fully saturated rings. The van der Waals surface area contributed by atoms with Crippen LogP contribution in [0.1, 0.15) is 28.8 Å². The van der Waals surface area contributed by atoms with Crippen LogP contribution in [-0.4, -0.2) is 28.9 Å². The number of amides is 2. The number of H-pyrrole nitrogens is 1. The topological polar surface area (TPSA) is 96.1 Å². The Hall–Kier alpha value is -4.65. The van der Waals surface area contributed by atoms with Crippen LogP contribution in [0, 0.1) is 0 Å². The molecule has 0 saturated carbocycles. The van der Waals surface area contributed by atoms with Crippen LogP contribution in [0.25, 0.3) is 33.2 Å². The second kappa shape index (κ2) is 10.3. The molecule has 7 nitrogen and oxygen atoms in total. The fourth-order valence-electron chi connectivity index (χ4n) is 4.40. The lowest BCUT2D eigenvalue weighted by atomic mass is 10.0. The summed E-state index contributed by atoms with van der Waals surface area (Å²) in [5, 5.41) is 2.21. The van der Waals surface area contributed by atoms with E-state index in [1.807, 2.05) is 48.5 Å². The van der Waals surface area contributed by atoms with E-state index in [1.165, 1.54) is 7.11 Å². The van der Waals surface area contributed by atoms with Gasteiger partial charge >= 0.3 is 0 Å². The minimum atomic E-state index is -0.429. The van der Waals surface area contributed by atoms with Gasteiger partial charge in [0.1, 0.15) is 5.75 Å². The molecule has 5 rings (SSSR count). The van der Waals surface area contributed by atoms with Gasteiger partial charge in [-0.2, -0.15) is 0 Å². The lowest BCUT2D eigenvalue weighted by molar-refractivity contribution is -0.121. The summed E-state index contributed by atoms with van der Waals surface area (Å²) in [5.74, 6) is -0.246. The van der Waals surface area contributed by atoms with Crippen molar-refractivity contribution >= 4 is 33.6 Å². The largest absolute Gasteiger partial charge is 0.496 e. The summed E-state index contributed by atoms with van der Waals surface area (Å²) >= 11 is 0. The summed E-state index contributed by atoms with van der Waals surface area (Å²) in [6.07, 6.45) is 1.55. The second-order valence-corrected chi connectivity index (χ2v) is 8.47. The highest BCUT2D eigenvalue weighted by Crippen LogP contribution is 2.31. The van der Waals surface area contributed by atoms with Gasteiger partial charge in [-0.25, -0.2) is 4.98 Å². The number of aryl methyl sites for hydroxylation is 1. The summed E-state index contributed by atoms with van der Waals surface area (Å²) in [6.45, 7) is 0. The van der Waals surface area contributed by atoms with Crippen LogP contribution in [0.2, 0.25) is 0 Å². The van der Waals surface area contributed by atoms with Crippen molar-refractivity contribution in [3.63, 3.8) is 0 Å². The predicted octanol–water partition coefficient (Wildman–Crippen LogP) is 5.18. The summed E-state index contributed by atoms with van der Waals surface area (Å²) < 4.78 is 5.20. The Kier molecular flexibility index (Phi) is 6.62. The summed E-state index contributed by atoms with van der Waals surface area (Å²) in [4.78, 5) is 33.3. The van der Waals surface area contributed by atoms with Crippen LogP contribution < -0.4 is 15.6 Å². The highest BCUT2D eigenvalue weighted by molar-refractivity contribution is 5.98. The number of hydrogen-bond donors (Lipinski definition) is 3. The number of aromatic nitrogens is 2. The number of carbonyl (C=O) groups is 2. The molecule has 0 aliphatic carbocycles. The van der Waals surface area contributed by atoms with Crippen molar-refractivity contribution in [3.05, 3.63) is 96.1 Å². The molecule has 2 heterocycles. The molecule has 36 heavy (non-hydrogen) atoms. The van der Waals surface area contributed by atoms with Gasteiger partial charge in [-0.1, -0.05) is 54.6 Å². The summed E-state index contributed by atoms with van der Waals surface area (Å²) in [6, 6.07) is 27.1. The number of pyridine rings is 1. The van der Waals surface area contributed by atoms with Gasteiger partial charge in [0.2, 0.25) is 5.91 Å². The SMILES string of the molecule is COc1ccccc1C(=O)NNC(=O)CCCc1c(-c2ccc3ccccc3n2)[nH]c2ccccc12. The van der Waals surface area contributed by atoms with E-state index in [1.54, 1.807) is 24.3 Å². The molecule has 0 aliphatic heterocycles. The first-order chi connectivity index (χ1) is 17.6. The van der Waals surface area contributed by atoms with Gasteiger partial charge in [0.25, 0.3) is 5.91 Å². The lowest BCUT2D eigenvalue weighted by Crippen LogP contribution is -2.41. The minimum absolute atomic E-state index is 0.260. The first-order valence-electron chi connectivity index (χ1n) is 11.8. The molecule has 2 amide bonds. The number of carbonyl (C=O) groups excluding carboxylic acids is 2. The fourth-order valence-corrected chi connectivity index (χ4v) is 4.40. The molecule has 3 aromatic carbocycles. The van der Waals surface area contributed by atoms with Gasteiger partial charge in [0, 0.05) is 22.7 Å². The summed E-state index contributed by atoms with van der Waals surface area (Å²) in [5.41, 5.74) is 10.2. The standard InChI is InChI=1S/C29H26N4O3/c1-36-26-15-7-4-11-22(26)29(35)33-32-27(34)16-8-12-21-20-10-3-6-14-24(20)31-28(21)25-18-17-19-9-2-5-13-23(19)30-25/h2-7,9-11,13-15,17-18,31H,8,12,16H2,1H3,(H,32,34)(H,33,35). The predicted molar refractivity (Wildman–Crippen MR) is 141 cm³/mol. The number of fused-ring (bicyclic) bond motifs is 2. The number of nitrogens with one attached hydrogen (secondary N) is 3. The first-order valence-corrected chi connectivity index (χ1v) is 11.8. The molecule has 0 spiro atoms. The highest BCUT2D eigenvalue weighted by Gasteiger charge is 2.16. The Morgan fingerprint density at radius 3 is 2.56 bits per heavy atom. The van der Waals surface area contributed by atoms with Crippen molar-refractivity contribution in [1.29, 1.82) is 0 Å². The number of para-hydroxylation sites is 3. The van der Waals surface area contributed by atoms with E-state index < -0.39 is 5.91 Å². The first kappa shape index (κ1) is 23.1. The van der Waals surface area contributed by atoms with Crippen molar-refractivity contribution in [2.45, 2.75) is 19.3 Å². The third-order valence-corrected chi connectivity index (χ3v) is 6.17. The van der Waals surface area contributed by atoms with E-state index in [4.69, 9.17) is 9.72 Å². The average Bonchev–Trinajstić information content (AvgIpc) is 3.30. The van der Waals surface area contributed by atoms with Crippen LogP contribution in [0.5, 0.6) is 5.75 Å². The van der Waals surface area contributed by atoms with E-state index in [9.17, 15) is 9.59 Å². The number of ether oxygens (including phenoxy) is 1. The normalized spacial score (nSPS) is 10.9. The molecule has 0 saturated heterocycles. The number of hydrazine groups is 1. The van der Waals surface area contributed by atoms with Gasteiger partial charge in [-0.3, -0.25) is 20.4 Å². The molecule has 0 aliphatic rings. The molecule has 0 atom stereocenters. The number of nitrogens with zero attached hydrogens (tertiary/aromatic N) is 1. The third kappa shape index (κ3) is 4.77. The zero-order valence-electron chi connectivity index (χ0n) is 19.9. The molecule has 5 aromatic rings. The zero-order valence-corrected chi connectivity index (χ0v) is 19.9. The molecule has 2 aromatic heterocycles. The maximum absolute atomic E-state index is 12.4. The van der Waals surface area contributed by atoms with Crippen molar-refractivity contribution in [3.8, 4) is 17.1 Å². The molecule has 0 unspecified atom stereocenters. The highest BCUT2D eigenvalue weighted by atomic mass is 16.5. The molecule has 0 radical (unpaired) electrons. The Bertz CT molecular complexity index is 1560. The van der Waals surface area contributed by atoms with Crippen molar-refractivity contribution < 1.29 is 14.3 Å². The van der Waals surface area contributed by atoms with Gasteiger partial charge in [-0.05, 0) is 48.7 Å². The van der Waals surface area contributed by atoms with Crippen molar-refractivity contribution in [2.75, 3.05) is 7.11 Å². The fraction of sp³-hybridized carbons (Fsp3) is 0.138. The van der Waals surface area contributed by atoms with Gasteiger partial charge < -0.3 is 9.72 Å². The van der Waals surface area contributed by atoms with Crippen LogP contribution in [0.4, 0.5) is 0 Å². The summed E-state index contributed by atoms with van der Waals surface area (Å²) in [7, 11) is 1.50. The van der Waals surface area contributed by atoms with E-state index in [-0.39, 0.29) is 12.3 Å². The van der Waals surface area contributed by atoms with E-state index >= 15 is 0 Å². The number of benzene rings is 3. The Morgan fingerprint density at radius 2 is 1.67 bits per heavy atom. The maximum atomic E-state index is 12.4.